The quantitative estimate of drug-likeness (QED) is 0.467. The van der Waals surface area contributed by atoms with Gasteiger partial charge in [-0.05, 0) is 24.0 Å². The summed E-state index contributed by atoms with van der Waals surface area (Å²) in [5.74, 6) is 1.06. The number of nitrogens with zero attached hydrogens (tertiary/aromatic N) is 1. The number of benzene rings is 1. The van der Waals surface area contributed by atoms with Gasteiger partial charge in [-0.1, -0.05) is 64.3 Å². The Morgan fingerprint density at radius 2 is 1.64 bits per heavy atom. The molecule has 1 aromatic rings. The summed E-state index contributed by atoms with van der Waals surface area (Å²) in [4.78, 5) is 0. The number of allylic oxidation sites excluding steroid dienone is 2. The van der Waals surface area contributed by atoms with Gasteiger partial charge < -0.3 is 0 Å². The average Bonchev–Trinajstić information content (AvgIpc) is 3.17. The van der Waals surface area contributed by atoms with E-state index in [4.69, 9.17) is 0 Å². The van der Waals surface area contributed by atoms with Gasteiger partial charge in [0, 0.05) is 34.0 Å². The zero-order chi connectivity index (χ0) is 15.3. The SMILES string of the molecule is CCC12C=CC=C[N+]1(c1c(C(C)C)cccc1C(C)C)N2.[Ni]. The molecule has 3 heteroatoms. The number of rotatable bonds is 4. The fraction of sp³-hybridized carbons (Fsp3) is 0.474. The van der Waals surface area contributed by atoms with Gasteiger partial charge in [-0.3, -0.25) is 0 Å². The molecule has 0 amide bonds. The van der Waals surface area contributed by atoms with Crippen LogP contribution < -0.4 is 10.0 Å². The Hall–Kier alpha value is -0.886. The van der Waals surface area contributed by atoms with Gasteiger partial charge in [0.05, 0.1) is 0 Å². The Bertz CT molecular complexity index is 592. The van der Waals surface area contributed by atoms with Crippen molar-refractivity contribution < 1.29 is 16.5 Å². The second-order valence-corrected chi connectivity index (χ2v) is 6.91. The molecular weight excluding hydrogens is 315 g/mol. The molecule has 0 aromatic heterocycles. The van der Waals surface area contributed by atoms with E-state index in [9.17, 15) is 0 Å². The molecule has 0 radical (unpaired) electrons. The van der Waals surface area contributed by atoms with Crippen LogP contribution in [0.1, 0.15) is 64.0 Å². The third-order valence-corrected chi connectivity index (χ3v) is 4.98. The molecule has 2 heterocycles. The maximum Gasteiger partial charge on any atom is 0.241 e. The first-order valence-electron chi connectivity index (χ1n) is 8.16. The van der Waals surface area contributed by atoms with Gasteiger partial charge >= 0.3 is 0 Å². The van der Waals surface area contributed by atoms with Crippen molar-refractivity contribution in [2.24, 2.45) is 0 Å². The van der Waals surface area contributed by atoms with Crippen LogP contribution in [0, 0.1) is 0 Å². The summed E-state index contributed by atoms with van der Waals surface area (Å²) in [7, 11) is 0. The normalized spacial score (nSPS) is 28.7. The second kappa shape index (κ2) is 5.96. The van der Waals surface area contributed by atoms with E-state index in [-0.39, 0.29) is 22.2 Å². The van der Waals surface area contributed by atoms with E-state index in [1.807, 2.05) is 0 Å². The molecule has 2 aliphatic heterocycles. The second-order valence-electron chi connectivity index (χ2n) is 6.91. The molecule has 2 unspecified atom stereocenters. The molecular formula is C19H27N2Ni+. The molecule has 2 nitrogen and oxygen atoms in total. The van der Waals surface area contributed by atoms with Gasteiger partial charge in [-0.15, -0.1) is 0 Å². The molecule has 1 fully saturated rings. The van der Waals surface area contributed by atoms with Crippen LogP contribution in [-0.2, 0) is 16.5 Å². The molecule has 122 valence electrons. The van der Waals surface area contributed by atoms with E-state index in [0.717, 1.165) is 11.0 Å². The fourth-order valence-corrected chi connectivity index (χ4v) is 3.69. The first-order chi connectivity index (χ1) is 9.97. The molecule has 2 atom stereocenters. The summed E-state index contributed by atoms with van der Waals surface area (Å²) in [5.41, 5.74) is 8.22. The van der Waals surface area contributed by atoms with Gasteiger partial charge in [-0.2, -0.15) is 4.59 Å². The summed E-state index contributed by atoms with van der Waals surface area (Å²) in [6.45, 7) is 11.4. The Balaban J connectivity index is 0.00000176. The molecule has 22 heavy (non-hydrogen) atoms. The maximum absolute atomic E-state index is 3.78. The third-order valence-electron chi connectivity index (χ3n) is 4.98. The predicted molar refractivity (Wildman–Crippen MR) is 90.9 cm³/mol. The first-order valence-corrected chi connectivity index (χ1v) is 8.16. The van der Waals surface area contributed by atoms with Gasteiger partial charge in [0.2, 0.25) is 5.66 Å². The Morgan fingerprint density at radius 3 is 2.14 bits per heavy atom. The largest absolute Gasteiger partial charge is 0.241 e. The van der Waals surface area contributed by atoms with E-state index in [1.165, 1.54) is 16.8 Å². The first kappa shape index (κ1) is 17.5. The molecule has 1 N–H and O–H groups in total. The van der Waals surface area contributed by atoms with Gasteiger partial charge in [0.15, 0.2) is 5.69 Å². The molecule has 0 spiro atoms. The van der Waals surface area contributed by atoms with Gasteiger partial charge in [0.1, 0.15) is 6.20 Å². The fourth-order valence-electron chi connectivity index (χ4n) is 3.69. The minimum atomic E-state index is 0. The van der Waals surface area contributed by atoms with Crippen molar-refractivity contribution in [3.63, 3.8) is 0 Å². The Morgan fingerprint density at radius 1 is 1.05 bits per heavy atom. The summed E-state index contributed by atoms with van der Waals surface area (Å²) >= 11 is 0. The van der Waals surface area contributed by atoms with Crippen LogP contribution in [0.5, 0.6) is 0 Å². The van der Waals surface area contributed by atoms with Crippen LogP contribution in [0.25, 0.3) is 0 Å². The minimum absolute atomic E-state index is 0. The zero-order valence-electron chi connectivity index (χ0n) is 14.2. The van der Waals surface area contributed by atoms with E-state index in [1.54, 1.807) is 0 Å². The van der Waals surface area contributed by atoms with E-state index in [2.05, 4.69) is 82.7 Å². The van der Waals surface area contributed by atoms with Crippen molar-refractivity contribution in [2.75, 3.05) is 0 Å². The van der Waals surface area contributed by atoms with E-state index < -0.39 is 0 Å². The molecule has 1 aromatic carbocycles. The molecule has 1 saturated heterocycles. The van der Waals surface area contributed by atoms with Crippen LogP contribution in [0.2, 0.25) is 0 Å². The third kappa shape index (κ3) is 2.31. The van der Waals surface area contributed by atoms with Crippen LogP contribution in [-0.4, -0.2) is 5.66 Å². The number of quaternary nitrogens is 1. The van der Waals surface area contributed by atoms with Crippen molar-refractivity contribution in [2.45, 2.75) is 58.5 Å². The van der Waals surface area contributed by atoms with Crippen LogP contribution in [0.4, 0.5) is 5.69 Å². The van der Waals surface area contributed by atoms with Gasteiger partial charge in [0.25, 0.3) is 0 Å². The van der Waals surface area contributed by atoms with E-state index >= 15 is 0 Å². The van der Waals surface area contributed by atoms with Crippen molar-refractivity contribution in [3.8, 4) is 0 Å². The molecule has 0 saturated carbocycles. The Kier molecular flexibility index (Phi) is 4.73. The summed E-state index contributed by atoms with van der Waals surface area (Å²) in [6.07, 6.45) is 10.1. The smallest absolute Gasteiger partial charge is 0.157 e. The number of hydrogen-bond donors (Lipinski definition) is 1. The van der Waals surface area contributed by atoms with Crippen molar-refractivity contribution in [1.29, 1.82) is 0 Å². The molecule has 2 aliphatic rings. The number of fused-ring (bicyclic) bond motifs is 1. The van der Waals surface area contributed by atoms with Crippen LogP contribution in [0.3, 0.4) is 0 Å². The predicted octanol–water partition coefficient (Wildman–Crippen LogP) is 4.95. The zero-order valence-corrected chi connectivity index (χ0v) is 15.2. The van der Waals surface area contributed by atoms with Crippen molar-refractivity contribution >= 4 is 5.69 Å². The van der Waals surface area contributed by atoms with Crippen LogP contribution >= 0.6 is 0 Å². The number of nitrogens with one attached hydrogen (secondary N) is 1. The number of para-hydroxylation sites is 1. The topological polar surface area (TPSA) is 21.9 Å². The summed E-state index contributed by atoms with van der Waals surface area (Å²) < 4.78 is 0.794. The molecule has 0 aliphatic carbocycles. The number of hydrogen-bond acceptors (Lipinski definition) is 1. The van der Waals surface area contributed by atoms with Crippen molar-refractivity contribution in [1.82, 2.24) is 10.0 Å². The summed E-state index contributed by atoms with van der Waals surface area (Å²) in [6, 6.07) is 6.81. The summed E-state index contributed by atoms with van der Waals surface area (Å²) in [5, 5.41) is 0. The minimum Gasteiger partial charge on any atom is -0.157 e. The van der Waals surface area contributed by atoms with Crippen molar-refractivity contribution in [3.05, 3.63) is 53.8 Å². The maximum atomic E-state index is 3.78. The molecule has 3 rings (SSSR count). The van der Waals surface area contributed by atoms with E-state index in [0.29, 0.717) is 11.8 Å². The average molecular weight is 342 g/mol. The van der Waals surface area contributed by atoms with Crippen LogP contribution in [0.15, 0.2) is 42.6 Å². The Labute approximate surface area is 144 Å². The van der Waals surface area contributed by atoms with Gasteiger partial charge in [-0.25, -0.2) is 0 Å². The monoisotopic (exact) mass is 341 g/mol. The standard InChI is InChI=1S/C19H27N2.Ni/c1-6-19-12-7-8-13-21(19,20-19)18-16(14(2)3)10-9-11-17(18)15(4)5;/h7-15,20H,6H2,1-5H3;/q+1;. The molecule has 0 bridgehead atoms.